The van der Waals surface area contributed by atoms with Crippen molar-refractivity contribution >= 4 is 17.0 Å². The summed E-state index contributed by atoms with van der Waals surface area (Å²) in [7, 11) is 0. The first kappa shape index (κ1) is 12.7. The van der Waals surface area contributed by atoms with Gasteiger partial charge in [0.2, 0.25) is 0 Å². The smallest absolute Gasteiger partial charge is 0.146 e. The van der Waals surface area contributed by atoms with E-state index >= 15 is 0 Å². The molecule has 6 nitrogen and oxygen atoms in total. The van der Waals surface area contributed by atoms with Gasteiger partial charge in [-0.15, -0.1) is 16.4 Å². The van der Waals surface area contributed by atoms with Crippen LogP contribution in [0.2, 0.25) is 0 Å². The van der Waals surface area contributed by atoms with E-state index in [1.807, 2.05) is 12.3 Å². The lowest BCUT2D eigenvalue weighted by atomic mass is 10.2. The molecule has 102 valence electrons. The summed E-state index contributed by atoms with van der Waals surface area (Å²) in [6.07, 6.45) is 1.46. The van der Waals surface area contributed by atoms with E-state index in [2.05, 4.69) is 25.8 Å². The van der Waals surface area contributed by atoms with Crippen molar-refractivity contribution in [1.82, 2.24) is 25.2 Å². The van der Waals surface area contributed by atoms with E-state index in [9.17, 15) is 4.39 Å². The Labute approximate surface area is 118 Å². The Morgan fingerprint density at radius 2 is 2.30 bits per heavy atom. The third kappa shape index (κ3) is 2.50. The molecule has 20 heavy (non-hydrogen) atoms. The molecule has 1 aromatic carbocycles. The van der Waals surface area contributed by atoms with Gasteiger partial charge in [-0.3, -0.25) is 0 Å². The van der Waals surface area contributed by atoms with Crippen LogP contribution in [-0.4, -0.2) is 25.2 Å². The fourth-order valence-corrected chi connectivity index (χ4v) is 2.44. The minimum atomic E-state index is -0.330. The molecule has 0 saturated carbocycles. The first-order valence-electron chi connectivity index (χ1n) is 5.91. The number of nitrogens with one attached hydrogen (secondary N) is 1. The van der Waals surface area contributed by atoms with Crippen LogP contribution in [0, 0.1) is 5.82 Å². The highest BCUT2D eigenvalue weighted by Gasteiger charge is 2.11. The molecular formula is C12H11FN6S. The van der Waals surface area contributed by atoms with Gasteiger partial charge in [0.25, 0.3) is 0 Å². The van der Waals surface area contributed by atoms with Crippen molar-refractivity contribution < 1.29 is 4.39 Å². The predicted octanol–water partition coefficient (Wildman–Crippen LogP) is 2.43. The first-order valence-corrected chi connectivity index (χ1v) is 6.86. The molecule has 0 saturated heterocycles. The van der Waals surface area contributed by atoms with E-state index < -0.39 is 0 Å². The maximum Gasteiger partial charge on any atom is 0.146 e. The SMILES string of the molecule is CC(Nc1cc(-n2cnnn2)ccc1F)c1cscn1. The lowest BCUT2D eigenvalue weighted by Crippen LogP contribution is -2.09. The summed E-state index contributed by atoms with van der Waals surface area (Å²) >= 11 is 1.51. The lowest BCUT2D eigenvalue weighted by Gasteiger charge is -2.14. The summed E-state index contributed by atoms with van der Waals surface area (Å²) in [6, 6.07) is 4.58. The predicted molar refractivity (Wildman–Crippen MR) is 73.3 cm³/mol. The zero-order chi connectivity index (χ0) is 13.9. The monoisotopic (exact) mass is 290 g/mol. The molecule has 0 spiro atoms. The van der Waals surface area contributed by atoms with Gasteiger partial charge in [0.05, 0.1) is 28.6 Å². The number of benzene rings is 1. The second-order valence-corrected chi connectivity index (χ2v) is 4.92. The van der Waals surface area contributed by atoms with Gasteiger partial charge in [0.15, 0.2) is 0 Å². The van der Waals surface area contributed by atoms with Gasteiger partial charge in [-0.25, -0.2) is 14.1 Å². The normalized spacial score (nSPS) is 12.3. The van der Waals surface area contributed by atoms with E-state index in [0.717, 1.165) is 5.69 Å². The quantitative estimate of drug-likeness (QED) is 0.799. The van der Waals surface area contributed by atoms with Crippen molar-refractivity contribution in [3.05, 3.63) is 46.9 Å². The Hall–Kier alpha value is -2.35. The third-order valence-electron chi connectivity index (χ3n) is 2.83. The number of hydrogen-bond acceptors (Lipinski definition) is 6. The number of hydrogen-bond donors (Lipinski definition) is 1. The van der Waals surface area contributed by atoms with Crippen LogP contribution in [0.15, 0.2) is 35.4 Å². The average Bonchev–Trinajstić information content (AvgIpc) is 3.14. The second-order valence-electron chi connectivity index (χ2n) is 4.20. The van der Waals surface area contributed by atoms with Gasteiger partial charge in [-0.1, -0.05) is 0 Å². The molecular weight excluding hydrogens is 279 g/mol. The number of tetrazole rings is 1. The summed E-state index contributed by atoms with van der Waals surface area (Å²) in [5, 5.41) is 15.9. The van der Waals surface area contributed by atoms with Gasteiger partial charge in [0, 0.05) is 5.38 Å². The summed E-state index contributed by atoms with van der Waals surface area (Å²) in [5.74, 6) is -0.330. The van der Waals surface area contributed by atoms with Crippen LogP contribution in [0.3, 0.4) is 0 Å². The van der Waals surface area contributed by atoms with Crippen LogP contribution >= 0.6 is 11.3 Å². The van der Waals surface area contributed by atoms with Gasteiger partial charge >= 0.3 is 0 Å². The molecule has 2 heterocycles. The Balaban J connectivity index is 1.87. The third-order valence-corrected chi connectivity index (χ3v) is 3.44. The Morgan fingerprint density at radius 3 is 3.00 bits per heavy atom. The molecule has 1 atom stereocenters. The fraction of sp³-hybridized carbons (Fsp3) is 0.167. The average molecular weight is 290 g/mol. The van der Waals surface area contributed by atoms with Crippen molar-refractivity contribution in [2.75, 3.05) is 5.32 Å². The van der Waals surface area contributed by atoms with Crippen molar-refractivity contribution in [2.45, 2.75) is 13.0 Å². The largest absolute Gasteiger partial charge is 0.374 e. The molecule has 0 aliphatic heterocycles. The van der Waals surface area contributed by atoms with E-state index in [0.29, 0.717) is 11.4 Å². The summed E-state index contributed by atoms with van der Waals surface area (Å²) in [4.78, 5) is 4.21. The van der Waals surface area contributed by atoms with Crippen LogP contribution in [-0.2, 0) is 0 Å². The number of nitrogens with zero attached hydrogens (tertiary/aromatic N) is 5. The Kier molecular flexibility index (Phi) is 3.38. The topological polar surface area (TPSA) is 68.5 Å². The van der Waals surface area contributed by atoms with Gasteiger partial charge in [-0.2, -0.15) is 0 Å². The molecule has 2 aromatic heterocycles. The molecule has 0 aliphatic carbocycles. The van der Waals surface area contributed by atoms with Crippen molar-refractivity contribution in [1.29, 1.82) is 0 Å². The number of aromatic nitrogens is 5. The number of rotatable bonds is 4. The molecule has 1 unspecified atom stereocenters. The fourth-order valence-electron chi connectivity index (χ4n) is 1.79. The van der Waals surface area contributed by atoms with Gasteiger partial charge in [0.1, 0.15) is 12.1 Å². The lowest BCUT2D eigenvalue weighted by molar-refractivity contribution is 0.626. The van der Waals surface area contributed by atoms with Crippen LogP contribution in [0.4, 0.5) is 10.1 Å². The number of anilines is 1. The Morgan fingerprint density at radius 1 is 1.40 bits per heavy atom. The minimum Gasteiger partial charge on any atom is -0.374 e. The minimum absolute atomic E-state index is 0.0835. The van der Waals surface area contributed by atoms with Crippen LogP contribution in [0.1, 0.15) is 18.7 Å². The van der Waals surface area contributed by atoms with E-state index in [1.165, 1.54) is 28.4 Å². The molecule has 3 rings (SSSR count). The van der Waals surface area contributed by atoms with Crippen molar-refractivity contribution in [3.63, 3.8) is 0 Å². The molecule has 0 amide bonds. The van der Waals surface area contributed by atoms with E-state index in [-0.39, 0.29) is 11.9 Å². The number of thiazole rings is 1. The summed E-state index contributed by atoms with van der Waals surface area (Å²) in [6.45, 7) is 1.93. The van der Waals surface area contributed by atoms with Crippen molar-refractivity contribution in [2.24, 2.45) is 0 Å². The highest BCUT2D eigenvalue weighted by Crippen LogP contribution is 2.23. The molecule has 3 aromatic rings. The standard InChI is InChI=1S/C12H11FN6S/c1-8(12-5-20-7-14-12)16-11-4-9(2-3-10(11)13)19-6-15-17-18-19/h2-8,16H,1H3. The summed E-state index contributed by atoms with van der Waals surface area (Å²) in [5.41, 5.74) is 3.70. The van der Waals surface area contributed by atoms with Crippen LogP contribution in [0.25, 0.3) is 5.69 Å². The molecule has 0 radical (unpaired) electrons. The van der Waals surface area contributed by atoms with E-state index in [1.54, 1.807) is 17.6 Å². The molecule has 0 aliphatic rings. The van der Waals surface area contributed by atoms with Crippen molar-refractivity contribution in [3.8, 4) is 5.69 Å². The maximum absolute atomic E-state index is 13.9. The Bertz CT molecular complexity index is 682. The van der Waals surface area contributed by atoms with Crippen LogP contribution in [0.5, 0.6) is 0 Å². The second kappa shape index (κ2) is 5.33. The maximum atomic E-state index is 13.9. The van der Waals surface area contributed by atoms with Gasteiger partial charge in [-0.05, 0) is 35.5 Å². The molecule has 0 fully saturated rings. The zero-order valence-corrected chi connectivity index (χ0v) is 11.4. The van der Waals surface area contributed by atoms with E-state index in [4.69, 9.17) is 0 Å². The number of halogens is 1. The molecule has 8 heteroatoms. The zero-order valence-electron chi connectivity index (χ0n) is 10.6. The summed E-state index contributed by atoms with van der Waals surface area (Å²) < 4.78 is 15.3. The molecule has 1 N–H and O–H groups in total. The highest BCUT2D eigenvalue weighted by molar-refractivity contribution is 7.07. The first-order chi connectivity index (χ1) is 9.74. The molecule has 0 bridgehead atoms. The van der Waals surface area contributed by atoms with Crippen LogP contribution < -0.4 is 5.32 Å². The highest BCUT2D eigenvalue weighted by atomic mass is 32.1. The van der Waals surface area contributed by atoms with Gasteiger partial charge < -0.3 is 5.32 Å².